The van der Waals surface area contributed by atoms with Crippen LogP contribution in [0.15, 0.2) is 16.8 Å². The molecule has 2 heterocycles. The Balaban J connectivity index is 2.12. The van der Waals surface area contributed by atoms with Gasteiger partial charge in [-0.15, -0.1) is 0 Å². The van der Waals surface area contributed by atoms with Crippen LogP contribution in [0.4, 0.5) is 10.9 Å². The first-order valence-electron chi connectivity index (χ1n) is 6.91. The van der Waals surface area contributed by atoms with Crippen molar-refractivity contribution >= 4 is 39.5 Å². The number of anilines is 2. The summed E-state index contributed by atoms with van der Waals surface area (Å²) in [7, 11) is 0. The van der Waals surface area contributed by atoms with Crippen molar-refractivity contribution in [2.45, 2.75) is 26.8 Å². The van der Waals surface area contributed by atoms with Gasteiger partial charge in [0.15, 0.2) is 5.13 Å². The standard InChI is InChI=1S/C14H20N4OS2/c1-4-18(5-2)14-17-12(15)11(21-14)13(19)16-9(3)10-6-7-20-8-10/h6-9H,4-5,15H2,1-3H3,(H,16,19). The summed E-state index contributed by atoms with van der Waals surface area (Å²) in [5.74, 6) is 0.138. The lowest BCUT2D eigenvalue weighted by Gasteiger charge is -2.16. The molecule has 1 atom stereocenters. The van der Waals surface area contributed by atoms with Crippen LogP contribution in [0.3, 0.4) is 0 Å². The zero-order valence-electron chi connectivity index (χ0n) is 12.4. The van der Waals surface area contributed by atoms with E-state index in [-0.39, 0.29) is 11.9 Å². The van der Waals surface area contributed by atoms with Gasteiger partial charge in [0, 0.05) is 13.1 Å². The fourth-order valence-corrected chi connectivity index (χ4v) is 3.75. The average molecular weight is 324 g/mol. The molecular weight excluding hydrogens is 304 g/mol. The van der Waals surface area contributed by atoms with Crippen molar-refractivity contribution in [3.8, 4) is 0 Å². The first-order chi connectivity index (χ1) is 10.1. The Labute approximate surface area is 132 Å². The van der Waals surface area contributed by atoms with E-state index >= 15 is 0 Å². The number of nitrogens with two attached hydrogens (primary N) is 1. The molecule has 114 valence electrons. The van der Waals surface area contributed by atoms with E-state index in [1.165, 1.54) is 11.3 Å². The Kier molecular flexibility index (Phi) is 5.19. The number of thiazole rings is 1. The number of nitrogen functional groups attached to an aromatic ring is 1. The molecule has 0 saturated heterocycles. The highest BCUT2D eigenvalue weighted by molar-refractivity contribution is 7.18. The summed E-state index contributed by atoms with van der Waals surface area (Å²) in [5.41, 5.74) is 7.00. The van der Waals surface area contributed by atoms with E-state index in [1.54, 1.807) is 11.3 Å². The van der Waals surface area contributed by atoms with Gasteiger partial charge in [-0.3, -0.25) is 4.79 Å². The fraction of sp³-hybridized carbons (Fsp3) is 0.429. The van der Waals surface area contributed by atoms with Gasteiger partial charge in [0.2, 0.25) is 0 Å². The number of thiophene rings is 1. The molecule has 0 aliphatic carbocycles. The van der Waals surface area contributed by atoms with E-state index in [1.807, 2.05) is 23.8 Å². The Morgan fingerprint density at radius 1 is 1.48 bits per heavy atom. The minimum absolute atomic E-state index is 0.0397. The molecule has 5 nitrogen and oxygen atoms in total. The van der Waals surface area contributed by atoms with E-state index < -0.39 is 0 Å². The Hall–Kier alpha value is -1.60. The topological polar surface area (TPSA) is 71.2 Å². The molecule has 0 aliphatic heterocycles. The first-order valence-corrected chi connectivity index (χ1v) is 8.66. The highest BCUT2D eigenvalue weighted by atomic mass is 32.1. The third kappa shape index (κ3) is 3.54. The van der Waals surface area contributed by atoms with Crippen LogP contribution in [0.1, 0.15) is 42.0 Å². The first kappa shape index (κ1) is 15.8. The summed E-state index contributed by atoms with van der Waals surface area (Å²) in [6.45, 7) is 7.76. The normalized spacial score (nSPS) is 12.1. The molecule has 0 fully saturated rings. The maximum atomic E-state index is 12.3. The molecule has 0 saturated carbocycles. The number of carbonyl (C=O) groups excluding carboxylic acids is 1. The predicted octanol–water partition coefficient (Wildman–Crippen LogP) is 3.12. The van der Waals surface area contributed by atoms with Gasteiger partial charge in [-0.2, -0.15) is 11.3 Å². The summed E-state index contributed by atoms with van der Waals surface area (Å²) in [6.07, 6.45) is 0. The highest BCUT2D eigenvalue weighted by Crippen LogP contribution is 2.28. The van der Waals surface area contributed by atoms with E-state index in [4.69, 9.17) is 5.73 Å². The van der Waals surface area contributed by atoms with Crippen LogP contribution in [0.2, 0.25) is 0 Å². The second-order valence-electron chi connectivity index (χ2n) is 4.63. The van der Waals surface area contributed by atoms with Crippen LogP contribution >= 0.6 is 22.7 Å². The third-order valence-corrected chi connectivity index (χ3v) is 5.11. The molecule has 0 spiro atoms. The van der Waals surface area contributed by atoms with Crippen molar-refractivity contribution in [1.29, 1.82) is 0 Å². The molecule has 0 bridgehead atoms. The highest BCUT2D eigenvalue weighted by Gasteiger charge is 2.20. The number of rotatable bonds is 6. The molecule has 0 radical (unpaired) electrons. The van der Waals surface area contributed by atoms with Gasteiger partial charge in [-0.25, -0.2) is 4.98 Å². The van der Waals surface area contributed by atoms with Gasteiger partial charge >= 0.3 is 0 Å². The monoisotopic (exact) mass is 324 g/mol. The van der Waals surface area contributed by atoms with Crippen LogP contribution in [-0.4, -0.2) is 24.0 Å². The van der Waals surface area contributed by atoms with Gasteiger partial charge in [0.05, 0.1) is 6.04 Å². The van der Waals surface area contributed by atoms with Gasteiger partial charge in [-0.1, -0.05) is 11.3 Å². The number of amides is 1. The maximum absolute atomic E-state index is 12.3. The zero-order valence-corrected chi connectivity index (χ0v) is 14.1. The molecule has 0 aromatic carbocycles. The van der Waals surface area contributed by atoms with Gasteiger partial charge in [0.1, 0.15) is 10.7 Å². The molecule has 21 heavy (non-hydrogen) atoms. The number of nitrogens with one attached hydrogen (secondary N) is 1. The van der Waals surface area contributed by atoms with Crippen molar-refractivity contribution in [3.05, 3.63) is 27.3 Å². The van der Waals surface area contributed by atoms with E-state index in [0.717, 1.165) is 23.8 Å². The van der Waals surface area contributed by atoms with Crippen LogP contribution in [0.25, 0.3) is 0 Å². The number of carbonyl (C=O) groups is 1. The summed E-state index contributed by atoms with van der Waals surface area (Å²) in [4.78, 5) is 19.2. The second kappa shape index (κ2) is 6.91. The minimum Gasteiger partial charge on any atom is -0.382 e. The number of hydrogen-bond acceptors (Lipinski definition) is 6. The van der Waals surface area contributed by atoms with Gasteiger partial charge < -0.3 is 16.0 Å². The van der Waals surface area contributed by atoms with Crippen LogP contribution in [0.5, 0.6) is 0 Å². The molecule has 1 amide bonds. The zero-order chi connectivity index (χ0) is 15.4. The summed E-state index contributed by atoms with van der Waals surface area (Å²) < 4.78 is 0. The van der Waals surface area contributed by atoms with E-state index in [9.17, 15) is 4.79 Å². The van der Waals surface area contributed by atoms with Crippen molar-refractivity contribution in [1.82, 2.24) is 10.3 Å². The number of aromatic nitrogens is 1. The van der Waals surface area contributed by atoms with Crippen molar-refractivity contribution in [2.24, 2.45) is 0 Å². The fourth-order valence-electron chi connectivity index (χ4n) is 1.98. The Bertz CT molecular complexity index is 590. The maximum Gasteiger partial charge on any atom is 0.265 e. The minimum atomic E-state index is -0.165. The largest absolute Gasteiger partial charge is 0.382 e. The van der Waals surface area contributed by atoms with Crippen LogP contribution < -0.4 is 16.0 Å². The van der Waals surface area contributed by atoms with E-state index in [2.05, 4.69) is 29.0 Å². The Morgan fingerprint density at radius 2 is 2.19 bits per heavy atom. The average Bonchev–Trinajstić information content (AvgIpc) is 3.10. The molecule has 3 N–H and O–H groups in total. The molecular formula is C14H20N4OS2. The molecule has 2 aromatic heterocycles. The lowest BCUT2D eigenvalue weighted by molar-refractivity contribution is 0.0944. The summed E-state index contributed by atoms with van der Waals surface area (Å²) in [6, 6.07) is 1.97. The van der Waals surface area contributed by atoms with Crippen molar-refractivity contribution < 1.29 is 4.79 Å². The third-order valence-electron chi connectivity index (χ3n) is 3.27. The Morgan fingerprint density at radius 3 is 2.76 bits per heavy atom. The lowest BCUT2D eigenvalue weighted by atomic mass is 10.2. The lowest BCUT2D eigenvalue weighted by Crippen LogP contribution is -2.26. The molecule has 2 rings (SSSR count). The van der Waals surface area contributed by atoms with Gasteiger partial charge in [0.25, 0.3) is 5.91 Å². The van der Waals surface area contributed by atoms with Crippen molar-refractivity contribution in [3.63, 3.8) is 0 Å². The quantitative estimate of drug-likeness (QED) is 0.856. The predicted molar refractivity (Wildman–Crippen MR) is 90.3 cm³/mol. The van der Waals surface area contributed by atoms with Crippen molar-refractivity contribution in [2.75, 3.05) is 23.7 Å². The number of nitrogens with zero attached hydrogens (tertiary/aromatic N) is 2. The second-order valence-corrected chi connectivity index (χ2v) is 6.39. The smallest absolute Gasteiger partial charge is 0.265 e. The molecule has 7 heteroatoms. The number of hydrogen-bond donors (Lipinski definition) is 2. The van der Waals surface area contributed by atoms with Crippen LogP contribution in [-0.2, 0) is 0 Å². The van der Waals surface area contributed by atoms with Gasteiger partial charge in [-0.05, 0) is 43.2 Å². The SMILES string of the molecule is CCN(CC)c1nc(N)c(C(=O)NC(C)c2ccsc2)s1. The van der Waals surface area contributed by atoms with E-state index in [0.29, 0.717) is 10.7 Å². The molecule has 0 aliphatic rings. The molecule has 1 unspecified atom stereocenters. The summed E-state index contributed by atoms with van der Waals surface area (Å²) in [5, 5.41) is 7.79. The molecule has 2 aromatic rings. The summed E-state index contributed by atoms with van der Waals surface area (Å²) >= 11 is 2.96. The van der Waals surface area contributed by atoms with Crippen LogP contribution in [0, 0.1) is 0 Å².